The van der Waals surface area contributed by atoms with E-state index >= 15 is 0 Å². The summed E-state index contributed by atoms with van der Waals surface area (Å²) >= 11 is -2.03. The van der Waals surface area contributed by atoms with E-state index in [4.69, 9.17) is 6.80 Å². The van der Waals surface area contributed by atoms with E-state index < -0.39 is 18.5 Å². The molecule has 2 nitrogen and oxygen atoms in total. The monoisotopic (exact) mass is 163 g/mol. The van der Waals surface area contributed by atoms with Gasteiger partial charge in [0, 0.05) is 0 Å². The molecular weight excluding hydrogens is 160 g/mol. The molecular formula is HMoO2S-. The van der Waals surface area contributed by atoms with Crippen LogP contribution in [0.15, 0.2) is 0 Å². The Kier molecular flexibility index (Phi) is 20.8. The average molecular weight is 161 g/mol. The summed E-state index contributed by atoms with van der Waals surface area (Å²) in [6.07, 6.45) is 0. The van der Waals surface area contributed by atoms with E-state index in [1.165, 1.54) is 0 Å². The minimum Gasteiger partial charge on any atom is -0.813 e. The normalized spacial score (nSPS) is 3.00. The molecule has 26 valence electrons. The fourth-order valence-electron chi connectivity index (χ4n) is 0. The molecule has 0 aliphatic heterocycles. The van der Waals surface area contributed by atoms with Gasteiger partial charge in [-0.1, -0.05) is 0 Å². The van der Waals surface area contributed by atoms with Crippen LogP contribution in [0.25, 0.3) is 0 Å². The summed E-state index contributed by atoms with van der Waals surface area (Å²) in [6, 6.07) is 0. The van der Waals surface area contributed by atoms with Crippen molar-refractivity contribution in [2.24, 2.45) is 0 Å². The van der Waals surface area contributed by atoms with Gasteiger partial charge in [-0.25, -0.2) is 0 Å². The van der Waals surface area contributed by atoms with Crippen molar-refractivity contribution < 1.29 is 25.3 Å². The summed E-state index contributed by atoms with van der Waals surface area (Å²) in [6.45, 7) is 0. The molecule has 0 bridgehead atoms. The second-order valence-electron chi connectivity index (χ2n) is 0.0680. The molecule has 0 aromatic rings. The molecule has 4 heavy (non-hydrogen) atoms. The zero-order valence-corrected chi connectivity index (χ0v) is 4.57. The first kappa shape index (κ1) is 8.82. The van der Waals surface area contributed by atoms with Crippen LogP contribution in [-0.2, 0) is 38.8 Å². The zero-order valence-electron chi connectivity index (χ0n) is 1.67. The molecule has 0 saturated heterocycles. The van der Waals surface area contributed by atoms with Gasteiger partial charge in [0.2, 0.25) is 0 Å². The first-order valence-electron chi connectivity index (χ1n) is 0.333. The number of hydrogen-bond acceptors (Lipinski definition) is 3. The van der Waals surface area contributed by atoms with Gasteiger partial charge in [-0.15, -0.1) is 0 Å². The third kappa shape index (κ3) is 17.4. The van der Waals surface area contributed by atoms with Gasteiger partial charge < -0.3 is 13.5 Å². The van der Waals surface area contributed by atoms with Crippen molar-refractivity contribution in [3.63, 3.8) is 0 Å². The van der Waals surface area contributed by atoms with Gasteiger partial charge in [-0.3, -0.25) is 0 Å². The standard InChI is InChI=1S/Mo.2O.H2S/h;;;1H2/p-1. The Bertz CT molecular complexity index is 27.0. The van der Waals surface area contributed by atoms with Crippen LogP contribution in [-0.4, -0.2) is 0 Å². The Morgan fingerprint density at radius 2 is 1.25 bits per heavy atom. The maximum atomic E-state index is 8.50. The largest absolute Gasteiger partial charge is 0.813 e. The van der Waals surface area contributed by atoms with E-state index in [0.29, 0.717) is 0 Å². The molecule has 0 aliphatic rings. The Morgan fingerprint density at radius 3 is 1.25 bits per heavy atom. The number of rotatable bonds is 0. The van der Waals surface area contributed by atoms with Gasteiger partial charge in [-0.2, -0.15) is 0 Å². The minimum absolute atomic E-state index is 0. The molecule has 0 amide bonds. The van der Waals surface area contributed by atoms with E-state index in [1.807, 2.05) is 0 Å². The third-order valence-corrected chi connectivity index (χ3v) is 0. The van der Waals surface area contributed by atoms with Gasteiger partial charge in [0.15, 0.2) is 0 Å². The molecule has 0 atom stereocenters. The first-order valence-corrected chi connectivity index (χ1v) is 1.97. The van der Waals surface area contributed by atoms with Crippen LogP contribution in [0.1, 0.15) is 0 Å². The van der Waals surface area contributed by atoms with Gasteiger partial charge >= 0.3 is 25.3 Å². The summed E-state index contributed by atoms with van der Waals surface area (Å²) in [7, 11) is 0. The summed E-state index contributed by atoms with van der Waals surface area (Å²) in [5.74, 6) is 0. The molecule has 0 aliphatic carbocycles. The summed E-state index contributed by atoms with van der Waals surface area (Å²) in [5.41, 5.74) is 0. The van der Waals surface area contributed by atoms with Crippen molar-refractivity contribution in [1.82, 2.24) is 0 Å². The van der Waals surface area contributed by atoms with Gasteiger partial charge in [-0.05, 0) is 0 Å². The molecule has 0 unspecified atom stereocenters. The van der Waals surface area contributed by atoms with E-state index in [-0.39, 0.29) is 13.5 Å². The van der Waals surface area contributed by atoms with Gasteiger partial charge in [0.05, 0.1) is 0 Å². The minimum atomic E-state index is -2.03. The molecule has 0 aromatic carbocycles. The number of thiol groups is 1. The zero-order chi connectivity index (χ0) is 2.71. The Morgan fingerprint density at radius 1 is 1.25 bits per heavy atom. The topological polar surface area (TPSA) is 34.1 Å². The van der Waals surface area contributed by atoms with E-state index in [1.54, 1.807) is 0 Å². The van der Waals surface area contributed by atoms with Gasteiger partial charge in [0.25, 0.3) is 0 Å². The van der Waals surface area contributed by atoms with Crippen LogP contribution in [0.4, 0.5) is 0 Å². The molecule has 4 heteroatoms. The molecule has 0 rings (SSSR count). The second kappa shape index (κ2) is 9.44. The second-order valence-corrected chi connectivity index (χ2v) is 0.403. The molecule has 0 heterocycles. The molecule has 0 aromatic heterocycles. The summed E-state index contributed by atoms with van der Waals surface area (Å²) in [4.78, 5) is 0. The summed E-state index contributed by atoms with van der Waals surface area (Å²) in [5, 5.41) is 0. The van der Waals surface area contributed by atoms with Crippen molar-refractivity contribution in [2.45, 2.75) is 0 Å². The van der Waals surface area contributed by atoms with E-state index in [2.05, 4.69) is 0 Å². The smallest absolute Gasteiger partial charge is 0.813 e. The van der Waals surface area contributed by atoms with Crippen LogP contribution in [0.3, 0.4) is 0 Å². The van der Waals surface area contributed by atoms with Crippen LogP contribution in [0, 0.1) is 0 Å². The fraction of sp³-hybridized carbons (Fsp3) is 0. The molecule has 0 N–H and O–H groups in total. The molecule has 0 saturated carbocycles. The van der Waals surface area contributed by atoms with Gasteiger partial charge in [0.1, 0.15) is 0 Å². The quantitative estimate of drug-likeness (QED) is 0.272. The molecule has 0 spiro atoms. The third-order valence-electron chi connectivity index (χ3n) is 0. The number of hydrogen-bond donors (Lipinski definition) is 0. The predicted octanol–water partition coefficient (Wildman–Crippen LogP) is -0.510. The maximum Gasteiger partial charge on any atom is -0.813 e. The van der Waals surface area contributed by atoms with Crippen molar-refractivity contribution in [1.29, 1.82) is 0 Å². The van der Waals surface area contributed by atoms with E-state index in [0.717, 1.165) is 0 Å². The Labute approximate surface area is 39.2 Å². The van der Waals surface area contributed by atoms with Crippen LogP contribution in [0.2, 0.25) is 0 Å². The van der Waals surface area contributed by atoms with Crippen molar-refractivity contribution in [2.75, 3.05) is 0 Å². The van der Waals surface area contributed by atoms with Crippen LogP contribution >= 0.6 is 0 Å². The molecule has 0 fully saturated rings. The van der Waals surface area contributed by atoms with Crippen LogP contribution in [0.5, 0.6) is 0 Å². The Balaban J connectivity index is 0. The SMILES string of the molecule is [O]=[Mo]=[O].[SH-]. The summed E-state index contributed by atoms with van der Waals surface area (Å²) < 4.78 is 17.0. The van der Waals surface area contributed by atoms with Crippen molar-refractivity contribution in [3.8, 4) is 0 Å². The van der Waals surface area contributed by atoms with E-state index in [9.17, 15) is 0 Å². The van der Waals surface area contributed by atoms with Crippen molar-refractivity contribution in [3.05, 3.63) is 0 Å². The predicted molar refractivity (Wildman–Crippen MR) is 10.1 cm³/mol. The Hall–Kier alpha value is 0.638. The fourth-order valence-corrected chi connectivity index (χ4v) is 0. The first-order chi connectivity index (χ1) is 1.41. The van der Waals surface area contributed by atoms with Crippen molar-refractivity contribution >= 4 is 13.5 Å². The average Bonchev–Trinajstić information content (AvgIpc) is 0.918. The van der Waals surface area contributed by atoms with Crippen LogP contribution < -0.4 is 0 Å². The maximum absolute atomic E-state index is 8.50. The molecule has 0 radical (unpaired) electrons.